The van der Waals surface area contributed by atoms with E-state index >= 15 is 0 Å². The highest BCUT2D eigenvalue weighted by molar-refractivity contribution is 8.01. The van der Waals surface area contributed by atoms with Crippen molar-refractivity contribution < 1.29 is 9.53 Å². The fourth-order valence-corrected chi connectivity index (χ4v) is 3.72. The molecule has 0 aliphatic carbocycles. The summed E-state index contributed by atoms with van der Waals surface area (Å²) >= 11 is 2.53. The number of nitrogen functional groups attached to an aromatic ring is 1. The van der Waals surface area contributed by atoms with Crippen LogP contribution in [0.25, 0.3) is 0 Å². The summed E-state index contributed by atoms with van der Waals surface area (Å²) in [6, 6.07) is 0. The number of H-pyrrole nitrogens is 1. The predicted octanol–water partition coefficient (Wildman–Crippen LogP) is 0.398. The molecule has 2 rings (SSSR count). The number of nitrogens with one attached hydrogen (secondary N) is 1. The number of carbonyl (C=O) groups excluding carboxylic acids is 1. The number of rotatable bonds is 9. The highest BCUT2D eigenvalue weighted by atomic mass is 32.2. The Balaban J connectivity index is 2.38. The van der Waals surface area contributed by atoms with E-state index in [-0.39, 0.29) is 42.2 Å². The van der Waals surface area contributed by atoms with Gasteiger partial charge in [-0.15, -0.1) is 10.2 Å². The summed E-state index contributed by atoms with van der Waals surface area (Å²) in [7, 11) is 1.49. The SMILES string of the molecule is COCCN(C(=O)CSc1nncs1)c1c(N)n(CC(C)C)c(=O)[nH]c1=O. The number of carbonyl (C=O) groups is 1. The Bertz CT molecular complexity index is 877. The van der Waals surface area contributed by atoms with Gasteiger partial charge in [0.25, 0.3) is 5.56 Å². The lowest BCUT2D eigenvalue weighted by Gasteiger charge is -2.24. The first kappa shape index (κ1) is 21.1. The van der Waals surface area contributed by atoms with Crippen LogP contribution in [-0.4, -0.2) is 51.7 Å². The minimum atomic E-state index is -0.706. The molecule has 12 heteroatoms. The Morgan fingerprint density at radius 1 is 1.48 bits per heavy atom. The Morgan fingerprint density at radius 2 is 2.22 bits per heavy atom. The lowest BCUT2D eigenvalue weighted by atomic mass is 10.2. The van der Waals surface area contributed by atoms with E-state index < -0.39 is 11.2 Å². The summed E-state index contributed by atoms with van der Waals surface area (Å²) in [6.45, 7) is 4.49. The van der Waals surface area contributed by atoms with Gasteiger partial charge < -0.3 is 15.4 Å². The van der Waals surface area contributed by atoms with E-state index in [2.05, 4.69) is 15.2 Å². The van der Waals surface area contributed by atoms with E-state index in [4.69, 9.17) is 10.5 Å². The van der Waals surface area contributed by atoms with Crippen LogP contribution in [0.5, 0.6) is 0 Å². The van der Waals surface area contributed by atoms with Crippen molar-refractivity contribution >= 4 is 40.5 Å². The number of aromatic amines is 1. The van der Waals surface area contributed by atoms with Gasteiger partial charge in [0.1, 0.15) is 11.3 Å². The van der Waals surface area contributed by atoms with Crippen molar-refractivity contribution in [2.75, 3.05) is 36.6 Å². The van der Waals surface area contributed by atoms with Crippen LogP contribution < -0.4 is 21.9 Å². The maximum atomic E-state index is 12.8. The quantitative estimate of drug-likeness (QED) is 0.563. The number of ether oxygens (including phenoxy) is 1. The monoisotopic (exact) mass is 414 g/mol. The smallest absolute Gasteiger partial charge is 0.330 e. The van der Waals surface area contributed by atoms with Crippen LogP contribution in [0.3, 0.4) is 0 Å². The van der Waals surface area contributed by atoms with E-state index in [1.165, 1.54) is 39.7 Å². The van der Waals surface area contributed by atoms with E-state index in [9.17, 15) is 14.4 Å². The maximum Gasteiger partial charge on any atom is 0.330 e. The molecule has 2 heterocycles. The molecule has 1 amide bonds. The Hall–Kier alpha value is -2.18. The van der Waals surface area contributed by atoms with E-state index in [0.29, 0.717) is 10.9 Å². The molecule has 0 unspecified atom stereocenters. The molecule has 0 aliphatic heterocycles. The molecule has 0 saturated carbocycles. The maximum absolute atomic E-state index is 12.8. The van der Waals surface area contributed by atoms with Gasteiger partial charge in [-0.05, 0) is 5.92 Å². The van der Waals surface area contributed by atoms with Crippen molar-refractivity contribution in [1.82, 2.24) is 19.7 Å². The van der Waals surface area contributed by atoms with Crippen LogP contribution in [0.4, 0.5) is 11.5 Å². The molecule has 0 bridgehead atoms. The van der Waals surface area contributed by atoms with Crippen LogP contribution in [0.15, 0.2) is 19.4 Å². The molecule has 0 radical (unpaired) electrons. The highest BCUT2D eigenvalue weighted by Gasteiger charge is 2.24. The molecular formula is C15H22N6O4S2. The molecule has 0 aliphatic rings. The van der Waals surface area contributed by atoms with E-state index in [0.717, 1.165) is 0 Å². The molecule has 3 N–H and O–H groups in total. The van der Waals surface area contributed by atoms with Crippen molar-refractivity contribution in [2.24, 2.45) is 5.92 Å². The molecule has 0 spiro atoms. The van der Waals surface area contributed by atoms with Gasteiger partial charge >= 0.3 is 5.69 Å². The number of nitrogens with zero attached hydrogens (tertiary/aromatic N) is 4. The molecule has 2 aromatic heterocycles. The molecule has 0 saturated heterocycles. The van der Waals surface area contributed by atoms with Crippen LogP contribution in [-0.2, 0) is 16.1 Å². The van der Waals surface area contributed by atoms with Gasteiger partial charge in [0.15, 0.2) is 10.0 Å². The van der Waals surface area contributed by atoms with Crippen LogP contribution in [0.1, 0.15) is 13.8 Å². The second-order valence-corrected chi connectivity index (χ2v) is 8.08. The minimum absolute atomic E-state index is 0.0391. The number of amides is 1. The number of hydrogen-bond acceptors (Lipinski definition) is 9. The lowest BCUT2D eigenvalue weighted by Crippen LogP contribution is -2.43. The summed E-state index contributed by atoms with van der Waals surface area (Å²) in [5.41, 5.74) is 6.33. The molecule has 2 aromatic rings. The van der Waals surface area contributed by atoms with Crippen molar-refractivity contribution in [3.05, 3.63) is 26.3 Å². The number of aromatic nitrogens is 4. The topological polar surface area (TPSA) is 136 Å². The number of nitrogens with two attached hydrogens (primary N) is 1. The Kier molecular flexibility index (Phi) is 7.56. The third-order valence-corrected chi connectivity index (χ3v) is 5.36. The van der Waals surface area contributed by atoms with Gasteiger partial charge in [0.05, 0.1) is 12.4 Å². The lowest BCUT2D eigenvalue weighted by molar-refractivity contribution is -0.116. The van der Waals surface area contributed by atoms with E-state index in [1.54, 1.807) is 5.51 Å². The standard InChI is InChI=1S/C15H22N6O4S2/c1-9(2)6-21-12(16)11(13(23)18-14(21)24)20(4-5-25-3)10(22)7-26-15-19-17-8-27-15/h8-9H,4-7,16H2,1-3H3,(H,18,23,24). The van der Waals surface area contributed by atoms with Crippen LogP contribution in [0.2, 0.25) is 0 Å². The van der Waals surface area contributed by atoms with Gasteiger partial charge in [0, 0.05) is 20.2 Å². The molecule has 27 heavy (non-hydrogen) atoms. The van der Waals surface area contributed by atoms with Crippen molar-refractivity contribution in [3.63, 3.8) is 0 Å². The summed E-state index contributed by atoms with van der Waals surface area (Å²) < 4.78 is 6.96. The van der Waals surface area contributed by atoms with Crippen molar-refractivity contribution in [2.45, 2.75) is 24.7 Å². The first-order valence-corrected chi connectivity index (χ1v) is 10.0. The zero-order valence-electron chi connectivity index (χ0n) is 15.3. The molecule has 0 fully saturated rings. The van der Waals surface area contributed by atoms with Crippen molar-refractivity contribution in [3.8, 4) is 0 Å². The Morgan fingerprint density at radius 3 is 2.81 bits per heavy atom. The van der Waals surface area contributed by atoms with Crippen LogP contribution >= 0.6 is 23.1 Å². The second-order valence-electron chi connectivity index (χ2n) is 6.03. The average molecular weight is 415 g/mol. The largest absolute Gasteiger partial charge is 0.383 e. The predicted molar refractivity (Wildman–Crippen MR) is 105 cm³/mol. The third kappa shape index (κ3) is 5.40. The first-order valence-electron chi connectivity index (χ1n) is 8.16. The minimum Gasteiger partial charge on any atom is -0.383 e. The first-order chi connectivity index (χ1) is 12.8. The second kappa shape index (κ2) is 9.67. The fourth-order valence-electron chi connectivity index (χ4n) is 2.36. The van der Waals surface area contributed by atoms with Crippen molar-refractivity contribution in [1.29, 1.82) is 0 Å². The number of thioether (sulfide) groups is 1. The zero-order chi connectivity index (χ0) is 20.0. The summed E-state index contributed by atoms with van der Waals surface area (Å²) in [4.78, 5) is 40.8. The molecule has 10 nitrogen and oxygen atoms in total. The number of anilines is 2. The average Bonchev–Trinajstić information content (AvgIpc) is 3.12. The van der Waals surface area contributed by atoms with Gasteiger partial charge in [0.2, 0.25) is 5.91 Å². The fraction of sp³-hybridized carbons (Fsp3) is 0.533. The molecule has 0 atom stereocenters. The molecular weight excluding hydrogens is 392 g/mol. The van der Waals surface area contributed by atoms with Gasteiger partial charge in [-0.3, -0.25) is 19.1 Å². The molecule has 148 valence electrons. The number of methoxy groups -OCH3 is 1. The summed E-state index contributed by atoms with van der Waals surface area (Å²) in [5.74, 6) is -0.219. The summed E-state index contributed by atoms with van der Waals surface area (Å²) in [5, 5.41) is 7.59. The normalized spacial score (nSPS) is 11.1. The molecule has 0 aromatic carbocycles. The Labute approximate surface area is 163 Å². The highest BCUT2D eigenvalue weighted by Crippen LogP contribution is 2.22. The number of hydrogen-bond donors (Lipinski definition) is 2. The van der Waals surface area contributed by atoms with Crippen LogP contribution in [0, 0.1) is 5.92 Å². The van der Waals surface area contributed by atoms with Gasteiger partial charge in [-0.2, -0.15) is 0 Å². The van der Waals surface area contributed by atoms with Gasteiger partial charge in [-0.25, -0.2) is 4.79 Å². The third-order valence-electron chi connectivity index (χ3n) is 3.51. The van der Waals surface area contributed by atoms with Gasteiger partial charge in [-0.1, -0.05) is 36.9 Å². The zero-order valence-corrected chi connectivity index (χ0v) is 16.9. The summed E-state index contributed by atoms with van der Waals surface area (Å²) in [6.07, 6.45) is 0. The van der Waals surface area contributed by atoms with E-state index in [1.807, 2.05) is 13.8 Å².